The number of hydrogen-bond donors (Lipinski definition) is 0. The van der Waals surface area contributed by atoms with Gasteiger partial charge in [-0.05, 0) is 48.7 Å². The van der Waals surface area contributed by atoms with E-state index in [0.29, 0.717) is 16.0 Å². The van der Waals surface area contributed by atoms with Crippen molar-refractivity contribution in [1.29, 1.82) is 0 Å². The minimum Gasteiger partial charge on any atom is -0.206 e. The average Bonchev–Trinajstić information content (AvgIpc) is 2.79. The Morgan fingerprint density at radius 1 is 0.810 bits per heavy atom. The Labute approximate surface area is 126 Å². The van der Waals surface area contributed by atoms with Gasteiger partial charge in [-0.2, -0.15) is 4.39 Å². The first-order valence-electron chi connectivity index (χ1n) is 6.67. The molecule has 1 heterocycles. The average molecular weight is 300 g/mol. The van der Waals surface area contributed by atoms with Crippen LogP contribution in [-0.4, -0.2) is 0 Å². The molecule has 0 fully saturated rings. The molecule has 0 saturated heterocycles. The van der Waals surface area contributed by atoms with Gasteiger partial charge in [0.2, 0.25) is 0 Å². The molecule has 3 aromatic rings. The van der Waals surface area contributed by atoms with E-state index in [1.54, 1.807) is 19.1 Å². The fourth-order valence-electron chi connectivity index (χ4n) is 2.23. The molecular weight excluding hydrogens is 286 g/mol. The molecule has 0 unspecified atom stereocenters. The van der Waals surface area contributed by atoms with Crippen LogP contribution in [0.25, 0.3) is 21.6 Å². The predicted octanol–water partition coefficient (Wildman–Crippen LogP) is 5.98. The number of rotatable bonds is 2. The van der Waals surface area contributed by atoms with Crippen LogP contribution in [-0.2, 0) is 0 Å². The Morgan fingerprint density at radius 2 is 1.48 bits per heavy atom. The van der Waals surface area contributed by atoms with E-state index in [4.69, 9.17) is 0 Å². The van der Waals surface area contributed by atoms with Crippen LogP contribution < -0.4 is 0 Å². The molecule has 3 rings (SSSR count). The standard InChI is InChI=1S/C18H14F2S/c1-11-3-5-13(6-4-11)14-7-8-15(16(19)10-14)17-9-12(2)18(20)21-17/h3-10H,1-2H3. The maximum Gasteiger partial charge on any atom is 0.179 e. The summed E-state index contributed by atoms with van der Waals surface area (Å²) < 4.78 is 27.8. The summed E-state index contributed by atoms with van der Waals surface area (Å²) in [6.07, 6.45) is 0. The van der Waals surface area contributed by atoms with Crippen LogP contribution in [0.1, 0.15) is 11.1 Å². The van der Waals surface area contributed by atoms with E-state index in [1.807, 2.05) is 37.3 Å². The highest BCUT2D eigenvalue weighted by Gasteiger charge is 2.12. The van der Waals surface area contributed by atoms with Crippen LogP contribution in [0, 0.1) is 24.8 Å². The van der Waals surface area contributed by atoms with Crippen LogP contribution in [0.3, 0.4) is 0 Å². The second-order valence-electron chi connectivity index (χ2n) is 5.13. The van der Waals surface area contributed by atoms with Crippen LogP contribution >= 0.6 is 11.3 Å². The zero-order chi connectivity index (χ0) is 15.0. The van der Waals surface area contributed by atoms with E-state index >= 15 is 0 Å². The lowest BCUT2D eigenvalue weighted by atomic mass is 10.0. The summed E-state index contributed by atoms with van der Waals surface area (Å²) in [5, 5.41) is -0.257. The topological polar surface area (TPSA) is 0 Å². The van der Waals surface area contributed by atoms with E-state index in [9.17, 15) is 8.78 Å². The molecule has 0 amide bonds. The van der Waals surface area contributed by atoms with E-state index in [2.05, 4.69) is 0 Å². The van der Waals surface area contributed by atoms with Crippen molar-refractivity contribution in [3.05, 3.63) is 70.6 Å². The maximum atomic E-state index is 14.3. The first kappa shape index (κ1) is 14.0. The molecule has 0 aliphatic heterocycles. The third-order valence-electron chi connectivity index (χ3n) is 3.48. The summed E-state index contributed by atoms with van der Waals surface area (Å²) in [7, 11) is 0. The van der Waals surface area contributed by atoms with E-state index in [1.165, 1.54) is 11.6 Å². The molecule has 21 heavy (non-hydrogen) atoms. The minimum atomic E-state index is -0.325. The van der Waals surface area contributed by atoms with Crippen molar-refractivity contribution in [3.63, 3.8) is 0 Å². The van der Waals surface area contributed by atoms with Crippen molar-refractivity contribution in [2.45, 2.75) is 13.8 Å². The third-order valence-corrected chi connectivity index (χ3v) is 4.54. The Bertz CT molecular complexity index is 766. The van der Waals surface area contributed by atoms with Gasteiger partial charge < -0.3 is 0 Å². The molecule has 3 heteroatoms. The van der Waals surface area contributed by atoms with Gasteiger partial charge in [-0.25, -0.2) is 4.39 Å². The Kier molecular flexibility index (Phi) is 3.60. The summed E-state index contributed by atoms with van der Waals surface area (Å²) in [6.45, 7) is 3.70. The molecule has 0 N–H and O–H groups in total. The van der Waals surface area contributed by atoms with Crippen molar-refractivity contribution < 1.29 is 8.78 Å². The molecule has 2 aromatic carbocycles. The van der Waals surface area contributed by atoms with Gasteiger partial charge in [0.05, 0.1) is 0 Å². The van der Waals surface area contributed by atoms with Crippen LogP contribution in [0.2, 0.25) is 0 Å². The molecule has 0 nitrogen and oxygen atoms in total. The van der Waals surface area contributed by atoms with Crippen molar-refractivity contribution >= 4 is 11.3 Å². The molecule has 0 saturated carbocycles. The number of thiophene rings is 1. The van der Waals surface area contributed by atoms with E-state index < -0.39 is 0 Å². The quantitative estimate of drug-likeness (QED) is 0.546. The van der Waals surface area contributed by atoms with Gasteiger partial charge >= 0.3 is 0 Å². The predicted molar refractivity (Wildman–Crippen MR) is 84.6 cm³/mol. The lowest BCUT2D eigenvalue weighted by Gasteiger charge is -2.05. The monoisotopic (exact) mass is 300 g/mol. The summed E-state index contributed by atoms with van der Waals surface area (Å²) in [5.41, 5.74) is 3.96. The van der Waals surface area contributed by atoms with Gasteiger partial charge in [-0.1, -0.05) is 35.9 Å². The molecule has 106 valence electrons. The third kappa shape index (κ3) is 2.74. The Hall–Kier alpha value is -2.00. The molecule has 0 spiro atoms. The zero-order valence-corrected chi connectivity index (χ0v) is 12.6. The Balaban J connectivity index is 2.01. The number of aryl methyl sites for hydroxylation is 2. The van der Waals surface area contributed by atoms with Crippen molar-refractivity contribution in [2.24, 2.45) is 0 Å². The molecule has 0 aliphatic rings. The van der Waals surface area contributed by atoms with E-state index in [-0.39, 0.29) is 10.9 Å². The van der Waals surface area contributed by atoms with Crippen molar-refractivity contribution in [3.8, 4) is 21.6 Å². The lowest BCUT2D eigenvalue weighted by molar-refractivity contribution is 0.632. The molecule has 0 bridgehead atoms. The summed E-state index contributed by atoms with van der Waals surface area (Å²) in [5.74, 6) is -0.325. The second kappa shape index (κ2) is 5.41. The Morgan fingerprint density at radius 3 is 2.05 bits per heavy atom. The second-order valence-corrected chi connectivity index (χ2v) is 6.13. The van der Waals surface area contributed by atoms with Crippen LogP contribution in [0.4, 0.5) is 8.78 Å². The zero-order valence-electron chi connectivity index (χ0n) is 11.8. The van der Waals surface area contributed by atoms with Crippen LogP contribution in [0.5, 0.6) is 0 Å². The maximum absolute atomic E-state index is 14.3. The first-order valence-corrected chi connectivity index (χ1v) is 7.49. The lowest BCUT2D eigenvalue weighted by Crippen LogP contribution is -1.85. The van der Waals surface area contributed by atoms with Crippen LogP contribution in [0.15, 0.2) is 48.5 Å². The first-order chi connectivity index (χ1) is 10.0. The molecule has 0 atom stereocenters. The summed E-state index contributed by atoms with van der Waals surface area (Å²) >= 11 is 0.979. The number of halogens is 2. The molecule has 0 aliphatic carbocycles. The van der Waals surface area contributed by atoms with Gasteiger partial charge in [0.25, 0.3) is 0 Å². The van der Waals surface area contributed by atoms with Gasteiger partial charge in [0.15, 0.2) is 5.13 Å². The minimum absolute atomic E-state index is 0.257. The van der Waals surface area contributed by atoms with Gasteiger partial charge in [-0.3, -0.25) is 0 Å². The fraction of sp³-hybridized carbons (Fsp3) is 0.111. The van der Waals surface area contributed by atoms with Crippen molar-refractivity contribution in [2.75, 3.05) is 0 Å². The van der Waals surface area contributed by atoms with Gasteiger partial charge in [0, 0.05) is 10.4 Å². The van der Waals surface area contributed by atoms with Gasteiger partial charge in [0.1, 0.15) is 5.82 Å². The summed E-state index contributed by atoms with van der Waals surface area (Å²) in [4.78, 5) is 0.623. The molecule has 0 radical (unpaired) electrons. The number of hydrogen-bond acceptors (Lipinski definition) is 1. The number of benzene rings is 2. The van der Waals surface area contributed by atoms with Crippen molar-refractivity contribution in [1.82, 2.24) is 0 Å². The fourth-order valence-corrected chi connectivity index (χ4v) is 3.16. The summed E-state index contributed by atoms with van der Waals surface area (Å²) in [6, 6.07) is 14.7. The smallest absolute Gasteiger partial charge is 0.179 e. The SMILES string of the molecule is Cc1ccc(-c2ccc(-c3cc(C)c(F)s3)c(F)c2)cc1. The molecular formula is C18H14F2S. The largest absolute Gasteiger partial charge is 0.206 e. The van der Waals surface area contributed by atoms with Gasteiger partial charge in [-0.15, -0.1) is 11.3 Å². The highest BCUT2D eigenvalue weighted by Crippen LogP contribution is 2.33. The molecule has 1 aromatic heterocycles. The van der Waals surface area contributed by atoms with E-state index in [0.717, 1.165) is 22.5 Å². The highest BCUT2D eigenvalue weighted by atomic mass is 32.1. The normalized spacial score (nSPS) is 10.9. The highest BCUT2D eigenvalue weighted by molar-refractivity contribution is 7.14.